The minimum Gasteiger partial charge on any atom is -0.435 e. The molecule has 35 heavy (non-hydrogen) atoms. The number of carbonyl (C=O) groups excluding carboxylic acids is 1. The van der Waals surface area contributed by atoms with Gasteiger partial charge in [0.15, 0.2) is 0 Å². The van der Waals surface area contributed by atoms with E-state index >= 15 is 0 Å². The van der Waals surface area contributed by atoms with Crippen LogP contribution in [0.25, 0.3) is 16.7 Å². The number of aromatic nitrogens is 2. The van der Waals surface area contributed by atoms with Crippen molar-refractivity contribution < 1.29 is 27.1 Å². The zero-order valence-corrected chi connectivity index (χ0v) is 20.0. The number of hydrogen-bond acceptors (Lipinski definition) is 4. The minimum absolute atomic E-state index is 0.139. The van der Waals surface area contributed by atoms with Gasteiger partial charge in [-0.25, -0.2) is 13.6 Å². The number of imidazole rings is 1. The van der Waals surface area contributed by atoms with E-state index in [-0.39, 0.29) is 39.5 Å². The van der Waals surface area contributed by atoms with Crippen molar-refractivity contribution in [2.75, 3.05) is 11.5 Å². The Kier molecular flexibility index (Phi) is 7.16. The van der Waals surface area contributed by atoms with Gasteiger partial charge in [0, 0.05) is 17.2 Å². The summed E-state index contributed by atoms with van der Waals surface area (Å²) < 4.78 is 59.3. The topological polar surface area (TPSA) is 65.3 Å². The maximum Gasteiger partial charge on any atom is 0.387 e. The van der Waals surface area contributed by atoms with Crippen LogP contribution in [-0.4, -0.2) is 45.1 Å². The molecule has 1 N–H and O–H groups in total. The number of alkyl halides is 4. The van der Waals surface area contributed by atoms with Gasteiger partial charge in [-0.1, -0.05) is 6.07 Å². The van der Waals surface area contributed by atoms with Gasteiger partial charge in [-0.2, -0.15) is 20.5 Å². The summed E-state index contributed by atoms with van der Waals surface area (Å²) in [5, 5.41) is 3.04. The summed E-state index contributed by atoms with van der Waals surface area (Å²) in [7, 11) is 0. The van der Waals surface area contributed by atoms with E-state index in [1.165, 1.54) is 49.4 Å². The molecule has 0 radical (unpaired) electrons. The zero-order valence-electron chi connectivity index (χ0n) is 19.1. The Morgan fingerprint density at radius 1 is 1.09 bits per heavy atom. The standard InChI is InChI=1S/C24H25F4N3O3S/c1-14(20(25)26)30-19-12-15(21(32)29-24(2)8-10-35-11-9-24)6-7-18(19)31(23(30)33)16-4-3-5-17(13-16)34-22(27)28/h3-7,12-14,20,22H,8-11H2,1-2H3,(H,29,32). The minimum atomic E-state index is -3.06. The van der Waals surface area contributed by atoms with Gasteiger partial charge in [-0.05, 0) is 68.5 Å². The largest absolute Gasteiger partial charge is 0.435 e. The smallest absolute Gasteiger partial charge is 0.387 e. The molecular weight excluding hydrogens is 486 g/mol. The summed E-state index contributed by atoms with van der Waals surface area (Å²) >= 11 is 1.82. The number of fused-ring (bicyclic) bond motifs is 1. The van der Waals surface area contributed by atoms with Crippen molar-refractivity contribution in [3.8, 4) is 11.4 Å². The van der Waals surface area contributed by atoms with Crippen molar-refractivity contribution in [2.45, 2.75) is 51.3 Å². The van der Waals surface area contributed by atoms with E-state index in [4.69, 9.17) is 0 Å². The molecule has 188 valence electrons. The summed E-state index contributed by atoms with van der Waals surface area (Å²) in [4.78, 5) is 26.4. The summed E-state index contributed by atoms with van der Waals surface area (Å²) in [5.74, 6) is 1.32. The van der Waals surface area contributed by atoms with Crippen LogP contribution in [0.2, 0.25) is 0 Å². The lowest BCUT2D eigenvalue weighted by Crippen LogP contribution is -2.48. The van der Waals surface area contributed by atoms with Gasteiger partial charge in [0.25, 0.3) is 12.3 Å². The molecule has 0 bridgehead atoms. The Hall–Kier alpha value is -2.95. The molecule has 11 heteroatoms. The molecule has 0 spiro atoms. The van der Waals surface area contributed by atoms with Crippen LogP contribution in [0.15, 0.2) is 47.3 Å². The van der Waals surface area contributed by atoms with E-state index in [1.807, 2.05) is 18.7 Å². The van der Waals surface area contributed by atoms with E-state index in [0.29, 0.717) is 0 Å². The Labute approximate surface area is 203 Å². The fraction of sp³-hybridized carbons (Fsp3) is 0.417. The van der Waals surface area contributed by atoms with Gasteiger partial charge in [0.05, 0.1) is 22.8 Å². The Morgan fingerprint density at radius 3 is 2.46 bits per heavy atom. The molecule has 1 aliphatic rings. The van der Waals surface area contributed by atoms with Crippen LogP contribution in [0.4, 0.5) is 17.6 Å². The monoisotopic (exact) mass is 511 g/mol. The van der Waals surface area contributed by atoms with E-state index in [0.717, 1.165) is 33.5 Å². The third-order valence-electron chi connectivity index (χ3n) is 6.22. The van der Waals surface area contributed by atoms with Crippen LogP contribution < -0.4 is 15.7 Å². The van der Waals surface area contributed by atoms with E-state index in [9.17, 15) is 27.2 Å². The molecular formula is C24H25F4N3O3S. The predicted molar refractivity (Wildman–Crippen MR) is 127 cm³/mol. The van der Waals surface area contributed by atoms with Gasteiger partial charge in [-0.3, -0.25) is 13.9 Å². The maximum absolute atomic E-state index is 13.7. The molecule has 4 rings (SSSR count). The molecule has 0 aliphatic carbocycles. The fourth-order valence-corrected chi connectivity index (χ4v) is 5.60. The first-order valence-electron chi connectivity index (χ1n) is 11.1. The molecule has 1 amide bonds. The lowest BCUT2D eigenvalue weighted by Gasteiger charge is -2.34. The number of amides is 1. The molecule has 0 saturated carbocycles. The van der Waals surface area contributed by atoms with Crippen LogP contribution >= 0.6 is 11.8 Å². The summed E-state index contributed by atoms with van der Waals surface area (Å²) in [6, 6.07) is 8.39. The number of thioether (sulfide) groups is 1. The van der Waals surface area contributed by atoms with Crippen molar-refractivity contribution in [1.29, 1.82) is 0 Å². The quantitative estimate of drug-likeness (QED) is 0.441. The average molecular weight is 512 g/mol. The second kappa shape index (κ2) is 9.96. The number of carbonyl (C=O) groups is 1. The second-order valence-corrected chi connectivity index (χ2v) is 9.99. The van der Waals surface area contributed by atoms with Crippen LogP contribution in [0, 0.1) is 0 Å². The number of nitrogens with one attached hydrogen (secondary N) is 1. The van der Waals surface area contributed by atoms with Crippen molar-refractivity contribution in [3.63, 3.8) is 0 Å². The number of ether oxygens (including phenoxy) is 1. The lowest BCUT2D eigenvalue weighted by atomic mass is 9.94. The lowest BCUT2D eigenvalue weighted by molar-refractivity contribution is -0.0498. The summed E-state index contributed by atoms with van der Waals surface area (Å²) in [6.45, 7) is 0.121. The van der Waals surface area contributed by atoms with Gasteiger partial charge >= 0.3 is 12.3 Å². The SMILES string of the molecule is CC(C(F)F)n1c(=O)n(-c2cccc(OC(F)F)c2)c2ccc(C(=O)NC3(C)CCSCC3)cc21. The van der Waals surface area contributed by atoms with Crippen molar-refractivity contribution in [2.24, 2.45) is 0 Å². The number of rotatable bonds is 7. The molecule has 1 unspecified atom stereocenters. The molecule has 1 aromatic heterocycles. The summed E-state index contributed by atoms with van der Waals surface area (Å²) in [6.07, 6.45) is -1.23. The molecule has 1 aliphatic heterocycles. The first-order chi connectivity index (χ1) is 16.6. The third-order valence-corrected chi connectivity index (χ3v) is 7.21. The summed E-state index contributed by atoms with van der Waals surface area (Å²) in [5.41, 5.74) is -0.351. The number of hydrogen-bond donors (Lipinski definition) is 1. The molecule has 1 saturated heterocycles. The highest BCUT2D eigenvalue weighted by Crippen LogP contribution is 2.29. The van der Waals surface area contributed by atoms with Crippen LogP contribution in [0.5, 0.6) is 5.75 Å². The van der Waals surface area contributed by atoms with Gasteiger partial charge in [0.1, 0.15) is 5.75 Å². The third kappa shape index (κ3) is 5.19. The van der Waals surface area contributed by atoms with Crippen LogP contribution in [-0.2, 0) is 0 Å². The highest BCUT2D eigenvalue weighted by Gasteiger charge is 2.30. The predicted octanol–water partition coefficient (Wildman–Crippen LogP) is 5.24. The normalized spacial score (nSPS) is 16.6. The van der Waals surface area contributed by atoms with E-state index < -0.39 is 24.8 Å². The highest BCUT2D eigenvalue weighted by atomic mass is 32.2. The van der Waals surface area contributed by atoms with E-state index in [1.54, 1.807) is 0 Å². The van der Waals surface area contributed by atoms with Crippen molar-refractivity contribution in [3.05, 3.63) is 58.5 Å². The number of halogens is 4. The molecule has 1 fully saturated rings. The molecule has 3 aromatic rings. The molecule has 2 aromatic carbocycles. The van der Waals surface area contributed by atoms with Gasteiger partial charge < -0.3 is 10.1 Å². The zero-order chi connectivity index (χ0) is 25.3. The maximum atomic E-state index is 13.7. The number of benzene rings is 2. The average Bonchev–Trinajstić information content (AvgIpc) is 3.09. The Balaban J connectivity index is 1.82. The van der Waals surface area contributed by atoms with Crippen molar-refractivity contribution in [1.82, 2.24) is 14.5 Å². The number of nitrogens with zero attached hydrogens (tertiary/aromatic N) is 2. The van der Waals surface area contributed by atoms with Crippen LogP contribution in [0.3, 0.4) is 0 Å². The van der Waals surface area contributed by atoms with Crippen molar-refractivity contribution >= 4 is 28.7 Å². The highest BCUT2D eigenvalue weighted by molar-refractivity contribution is 7.99. The Morgan fingerprint density at radius 2 is 1.80 bits per heavy atom. The molecule has 2 heterocycles. The van der Waals surface area contributed by atoms with Gasteiger partial charge in [0.2, 0.25) is 0 Å². The molecule has 6 nitrogen and oxygen atoms in total. The Bertz CT molecular complexity index is 1280. The first kappa shape index (κ1) is 25.2. The van der Waals surface area contributed by atoms with E-state index in [2.05, 4.69) is 10.1 Å². The second-order valence-electron chi connectivity index (χ2n) is 8.77. The van der Waals surface area contributed by atoms with Gasteiger partial charge in [-0.15, -0.1) is 0 Å². The fourth-order valence-electron chi connectivity index (χ4n) is 4.21. The molecule has 1 atom stereocenters. The van der Waals surface area contributed by atoms with Crippen LogP contribution in [0.1, 0.15) is 43.1 Å². The first-order valence-corrected chi connectivity index (χ1v) is 12.3.